The van der Waals surface area contributed by atoms with Gasteiger partial charge in [0.05, 0.1) is 6.10 Å². The van der Waals surface area contributed by atoms with E-state index in [0.717, 1.165) is 47.4 Å². The molecule has 1 atom stereocenters. The first kappa shape index (κ1) is 27.7. The Bertz CT molecular complexity index is 987. The van der Waals surface area contributed by atoms with E-state index in [4.69, 9.17) is 16.3 Å². The van der Waals surface area contributed by atoms with Crippen LogP contribution in [0.2, 0.25) is 5.02 Å². The third-order valence-electron chi connectivity index (χ3n) is 7.98. The van der Waals surface area contributed by atoms with Crippen molar-refractivity contribution in [3.05, 3.63) is 46.1 Å². The molecule has 0 unspecified atom stereocenters. The van der Waals surface area contributed by atoms with Crippen LogP contribution in [0.25, 0.3) is 0 Å². The molecule has 0 radical (unpaired) electrons. The van der Waals surface area contributed by atoms with Gasteiger partial charge in [-0.15, -0.1) is 0 Å². The summed E-state index contributed by atoms with van der Waals surface area (Å²) in [6.07, 6.45) is 6.71. The minimum absolute atomic E-state index is 0.0794. The summed E-state index contributed by atoms with van der Waals surface area (Å²) >= 11 is 6.78. The molecule has 1 aromatic rings. The fraction of sp³-hybridized carbons (Fsp3) is 0.655. The van der Waals surface area contributed by atoms with Gasteiger partial charge in [-0.25, -0.2) is 0 Å². The second-order valence-corrected chi connectivity index (χ2v) is 12.9. The molecule has 6 heteroatoms. The molecule has 1 aromatic carbocycles. The average molecular weight is 504 g/mol. The number of allylic oxidation sites excluding steroid dienone is 1. The summed E-state index contributed by atoms with van der Waals surface area (Å²) in [7, 11) is 1.71. The number of carboxylic acids is 1. The van der Waals surface area contributed by atoms with Crippen LogP contribution in [0.1, 0.15) is 91.2 Å². The molecule has 0 aromatic heterocycles. The van der Waals surface area contributed by atoms with Crippen LogP contribution >= 0.6 is 11.6 Å². The van der Waals surface area contributed by atoms with Gasteiger partial charge in [0, 0.05) is 42.6 Å². The molecule has 3 rings (SSSR count). The monoisotopic (exact) mass is 503 g/mol. The van der Waals surface area contributed by atoms with E-state index >= 15 is 0 Å². The molecule has 0 saturated heterocycles. The van der Waals surface area contributed by atoms with Crippen LogP contribution in [0.4, 0.5) is 0 Å². The Kier molecular flexibility index (Phi) is 8.13. The largest absolute Gasteiger partial charge is 0.481 e. The van der Waals surface area contributed by atoms with Crippen LogP contribution in [0.5, 0.6) is 0 Å². The van der Waals surface area contributed by atoms with Crippen LogP contribution in [0, 0.1) is 10.8 Å². The normalized spacial score (nSPS) is 25.3. The maximum Gasteiger partial charge on any atom is 0.303 e. The number of amides is 1. The quantitative estimate of drug-likeness (QED) is 0.404. The number of carbonyl (C=O) groups excluding carboxylic acids is 1. The van der Waals surface area contributed by atoms with Gasteiger partial charge in [0.2, 0.25) is 5.91 Å². The first-order valence-corrected chi connectivity index (χ1v) is 13.1. The van der Waals surface area contributed by atoms with Crippen LogP contribution in [-0.4, -0.2) is 41.1 Å². The zero-order chi connectivity index (χ0) is 26.2. The van der Waals surface area contributed by atoms with Crippen LogP contribution in [-0.2, 0) is 26.2 Å². The number of nitrogens with zero attached hydrogens (tertiary/aromatic N) is 1. The smallest absolute Gasteiger partial charge is 0.303 e. The predicted molar refractivity (Wildman–Crippen MR) is 141 cm³/mol. The Balaban J connectivity index is 1.99. The van der Waals surface area contributed by atoms with Crippen molar-refractivity contribution < 1.29 is 19.4 Å². The second kappa shape index (κ2) is 10.3. The van der Waals surface area contributed by atoms with Gasteiger partial charge in [0.25, 0.3) is 0 Å². The highest BCUT2D eigenvalue weighted by atomic mass is 35.5. The van der Waals surface area contributed by atoms with Gasteiger partial charge < -0.3 is 14.7 Å². The number of carboxylic acid groups (broad SMARTS) is 1. The average Bonchev–Trinajstić information content (AvgIpc) is 2.71. The Labute approximate surface area is 215 Å². The van der Waals surface area contributed by atoms with Crippen molar-refractivity contribution in [2.45, 2.75) is 104 Å². The third-order valence-corrected chi connectivity index (χ3v) is 8.33. The number of hydrogen-bond acceptors (Lipinski definition) is 3. The van der Waals surface area contributed by atoms with Gasteiger partial charge in [-0.05, 0) is 65.7 Å². The molecule has 1 saturated carbocycles. The van der Waals surface area contributed by atoms with Gasteiger partial charge in [-0.2, -0.15) is 0 Å². The number of aliphatic carboxylic acids is 1. The summed E-state index contributed by atoms with van der Waals surface area (Å²) in [6.45, 7) is 13.0. The van der Waals surface area contributed by atoms with Crippen LogP contribution in [0.3, 0.4) is 0 Å². The summed E-state index contributed by atoms with van der Waals surface area (Å²) in [5.74, 6) is -0.713. The van der Waals surface area contributed by atoms with Crippen molar-refractivity contribution >= 4 is 23.5 Å². The Morgan fingerprint density at radius 2 is 1.86 bits per heavy atom. The molecule has 1 amide bonds. The lowest BCUT2D eigenvalue weighted by Gasteiger charge is -2.49. The standard InChI is InChI=1S/C29H42ClNO4/c1-27(2,3)12-10-19-8-9-20(14-23(19)30)29(6)17-25(32)31(21-15-22(16-21)35-7)18-24(29)28(4,5)13-11-26(33)34/h8-9,14,18,21-22H,10-13,15-17H2,1-7H3,(H,33,34)/t21?,22?,29-/m0/s1. The number of ether oxygens (including phenoxy) is 1. The highest BCUT2D eigenvalue weighted by Gasteiger charge is 2.48. The number of halogens is 1. The Hall–Kier alpha value is -1.85. The summed E-state index contributed by atoms with van der Waals surface area (Å²) < 4.78 is 5.44. The molecule has 0 bridgehead atoms. The molecular weight excluding hydrogens is 462 g/mol. The van der Waals surface area contributed by atoms with Crippen molar-refractivity contribution in [1.82, 2.24) is 4.90 Å². The van der Waals surface area contributed by atoms with Gasteiger partial charge in [0.15, 0.2) is 0 Å². The summed E-state index contributed by atoms with van der Waals surface area (Å²) in [4.78, 5) is 26.7. The number of rotatable bonds is 9. The van der Waals surface area contributed by atoms with Crippen LogP contribution in [0.15, 0.2) is 30.0 Å². The molecule has 35 heavy (non-hydrogen) atoms. The Morgan fingerprint density at radius 3 is 2.40 bits per heavy atom. The highest BCUT2D eigenvalue weighted by Crippen LogP contribution is 2.51. The minimum Gasteiger partial charge on any atom is -0.481 e. The van der Waals surface area contributed by atoms with E-state index in [1.807, 2.05) is 17.2 Å². The van der Waals surface area contributed by atoms with Gasteiger partial charge in [-0.3, -0.25) is 9.59 Å². The number of aryl methyl sites for hydroxylation is 1. The van der Waals surface area contributed by atoms with Crippen molar-refractivity contribution in [3.63, 3.8) is 0 Å². The number of benzene rings is 1. The van der Waals surface area contributed by atoms with E-state index in [1.165, 1.54) is 0 Å². The van der Waals surface area contributed by atoms with Crippen LogP contribution < -0.4 is 0 Å². The SMILES string of the molecule is COC1CC(N2C=C(C(C)(C)CCC(=O)O)[C@](C)(c3ccc(CCC(C)(C)C)c(Cl)c3)CC2=O)C1. The van der Waals surface area contributed by atoms with Gasteiger partial charge in [-0.1, -0.05) is 65.3 Å². The molecule has 194 valence electrons. The predicted octanol–water partition coefficient (Wildman–Crippen LogP) is 6.76. The van der Waals surface area contributed by atoms with Crippen molar-refractivity contribution in [1.29, 1.82) is 0 Å². The van der Waals surface area contributed by atoms with E-state index in [9.17, 15) is 14.7 Å². The van der Waals surface area contributed by atoms with Gasteiger partial charge >= 0.3 is 5.97 Å². The molecule has 2 aliphatic rings. The fourth-order valence-corrected chi connectivity index (χ4v) is 5.72. The maximum absolute atomic E-state index is 13.4. The second-order valence-electron chi connectivity index (χ2n) is 12.5. The zero-order valence-corrected chi connectivity index (χ0v) is 23.2. The number of methoxy groups -OCH3 is 1. The van der Waals surface area contributed by atoms with E-state index in [0.29, 0.717) is 12.8 Å². The zero-order valence-electron chi connectivity index (χ0n) is 22.4. The van der Waals surface area contributed by atoms with E-state index in [1.54, 1.807) is 7.11 Å². The lowest BCUT2D eigenvalue weighted by atomic mass is 9.61. The summed E-state index contributed by atoms with van der Waals surface area (Å²) in [6, 6.07) is 6.36. The molecule has 1 fully saturated rings. The third kappa shape index (κ3) is 6.29. The molecule has 5 nitrogen and oxygen atoms in total. The van der Waals surface area contributed by atoms with E-state index in [-0.39, 0.29) is 29.9 Å². The first-order chi connectivity index (χ1) is 16.2. The molecule has 0 spiro atoms. The summed E-state index contributed by atoms with van der Waals surface area (Å²) in [5.41, 5.74) is 2.47. The maximum atomic E-state index is 13.4. The molecule has 1 aliphatic heterocycles. The van der Waals surface area contributed by atoms with E-state index < -0.39 is 16.8 Å². The van der Waals surface area contributed by atoms with Crippen molar-refractivity contribution in [3.8, 4) is 0 Å². The van der Waals surface area contributed by atoms with Gasteiger partial charge in [0.1, 0.15) is 0 Å². The molecule has 1 aliphatic carbocycles. The Morgan fingerprint density at radius 1 is 1.20 bits per heavy atom. The topological polar surface area (TPSA) is 66.8 Å². The lowest BCUT2D eigenvalue weighted by Crippen LogP contribution is -2.53. The number of carbonyl (C=O) groups is 2. The lowest BCUT2D eigenvalue weighted by molar-refractivity contribution is -0.139. The van der Waals surface area contributed by atoms with Crippen molar-refractivity contribution in [2.75, 3.05) is 7.11 Å². The molecular formula is C29H42ClNO4. The molecule has 1 heterocycles. The molecule has 1 N–H and O–H groups in total. The minimum atomic E-state index is -0.808. The van der Waals surface area contributed by atoms with Crippen molar-refractivity contribution in [2.24, 2.45) is 10.8 Å². The highest BCUT2D eigenvalue weighted by molar-refractivity contribution is 6.31. The fourth-order valence-electron chi connectivity index (χ4n) is 5.45. The summed E-state index contributed by atoms with van der Waals surface area (Å²) in [5, 5.41) is 10.1. The first-order valence-electron chi connectivity index (χ1n) is 12.7. The van der Waals surface area contributed by atoms with E-state index in [2.05, 4.69) is 53.7 Å². The number of hydrogen-bond donors (Lipinski definition) is 1.